The van der Waals surface area contributed by atoms with Crippen LogP contribution in [-0.2, 0) is 21.5 Å². The van der Waals surface area contributed by atoms with Crippen molar-refractivity contribution in [1.29, 1.82) is 0 Å². The van der Waals surface area contributed by atoms with Crippen LogP contribution >= 0.6 is 23.2 Å². The van der Waals surface area contributed by atoms with E-state index < -0.39 is 5.54 Å². The lowest BCUT2D eigenvalue weighted by Gasteiger charge is -2.44. The van der Waals surface area contributed by atoms with Crippen molar-refractivity contribution in [2.75, 3.05) is 11.9 Å². The molecule has 4 rings (SSSR count). The summed E-state index contributed by atoms with van der Waals surface area (Å²) >= 11 is 12.5. The number of halogens is 2. The number of nitrogens with zero attached hydrogens (tertiary/aromatic N) is 1. The number of carbonyl (C=O) groups excluding carboxylic acids is 2. The lowest BCUT2D eigenvalue weighted by molar-refractivity contribution is -0.134. The molecule has 1 saturated carbocycles. The Balaban J connectivity index is 1.84. The van der Waals surface area contributed by atoms with Crippen LogP contribution in [0.15, 0.2) is 42.5 Å². The molecule has 2 aromatic carbocycles. The average Bonchev–Trinajstić information content (AvgIpc) is 3.52. The zero-order valence-corrected chi connectivity index (χ0v) is 20.0. The Morgan fingerprint density at radius 3 is 2.53 bits per heavy atom. The van der Waals surface area contributed by atoms with Crippen LogP contribution in [0.25, 0.3) is 0 Å². The Labute approximate surface area is 199 Å². The van der Waals surface area contributed by atoms with Crippen LogP contribution < -0.4 is 10.6 Å². The molecule has 0 saturated heterocycles. The molecule has 2 N–H and O–H groups in total. The molecular weight excluding hydrogens is 445 g/mol. The highest BCUT2D eigenvalue weighted by atomic mass is 35.5. The van der Waals surface area contributed by atoms with Gasteiger partial charge in [-0.1, -0.05) is 55.2 Å². The molecule has 1 atom stereocenters. The summed E-state index contributed by atoms with van der Waals surface area (Å²) in [6, 6.07) is 13.4. The first-order valence-electron chi connectivity index (χ1n) is 11.3. The molecule has 0 spiro atoms. The van der Waals surface area contributed by atoms with E-state index in [4.69, 9.17) is 23.2 Å². The number of rotatable bonds is 9. The van der Waals surface area contributed by atoms with Gasteiger partial charge < -0.3 is 10.6 Å². The Kier molecular flexibility index (Phi) is 6.80. The Bertz CT molecular complexity index is 1020. The van der Waals surface area contributed by atoms with Crippen LogP contribution in [0.2, 0.25) is 10.0 Å². The lowest BCUT2D eigenvalue weighted by atomic mass is 9.81. The molecular formula is C25H29Cl2N3O2. The minimum absolute atomic E-state index is 0.0416. The molecule has 0 radical (unpaired) electrons. The topological polar surface area (TPSA) is 61.4 Å². The molecule has 2 aliphatic rings. The molecule has 5 nitrogen and oxygen atoms in total. The summed E-state index contributed by atoms with van der Waals surface area (Å²) in [6.07, 6.45) is 4.08. The monoisotopic (exact) mass is 473 g/mol. The minimum atomic E-state index is -1.04. The number of anilines is 1. The number of nitrogens with one attached hydrogen (secondary N) is 2. The third kappa shape index (κ3) is 4.52. The van der Waals surface area contributed by atoms with Crippen LogP contribution in [0.5, 0.6) is 0 Å². The van der Waals surface area contributed by atoms with Gasteiger partial charge >= 0.3 is 0 Å². The molecule has 7 heteroatoms. The molecule has 170 valence electrons. The molecule has 1 fully saturated rings. The van der Waals surface area contributed by atoms with Crippen molar-refractivity contribution in [3.05, 3.63) is 63.6 Å². The minimum Gasteiger partial charge on any atom is -0.352 e. The van der Waals surface area contributed by atoms with Gasteiger partial charge in [-0.2, -0.15) is 0 Å². The van der Waals surface area contributed by atoms with Crippen LogP contribution in [-0.4, -0.2) is 35.3 Å². The van der Waals surface area contributed by atoms with E-state index in [-0.39, 0.29) is 30.4 Å². The largest absolute Gasteiger partial charge is 0.352 e. The number of hydrogen-bond acceptors (Lipinski definition) is 3. The van der Waals surface area contributed by atoms with Crippen LogP contribution in [0.1, 0.15) is 50.7 Å². The van der Waals surface area contributed by atoms with E-state index in [1.54, 1.807) is 6.07 Å². The third-order valence-corrected chi connectivity index (χ3v) is 7.00. The van der Waals surface area contributed by atoms with Gasteiger partial charge in [0.15, 0.2) is 0 Å². The fourth-order valence-electron chi connectivity index (χ4n) is 4.79. The van der Waals surface area contributed by atoms with Gasteiger partial charge in [0.05, 0.1) is 6.54 Å². The third-order valence-electron chi connectivity index (χ3n) is 6.53. The molecule has 2 amide bonds. The molecule has 2 aromatic rings. The highest BCUT2D eigenvalue weighted by Crippen LogP contribution is 2.45. The predicted molar refractivity (Wildman–Crippen MR) is 129 cm³/mol. The van der Waals surface area contributed by atoms with Crippen molar-refractivity contribution in [2.45, 2.75) is 63.6 Å². The predicted octanol–water partition coefficient (Wildman–Crippen LogP) is 5.15. The van der Waals surface area contributed by atoms with Gasteiger partial charge in [0.2, 0.25) is 11.8 Å². The highest BCUT2D eigenvalue weighted by Gasteiger charge is 2.53. The summed E-state index contributed by atoms with van der Waals surface area (Å²) in [4.78, 5) is 28.9. The van der Waals surface area contributed by atoms with Crippen LogP contribution in [0.4, 0.5) is 5.69 Å². The number of benzene rings is 2. The van der Waals surface area contributed by atoms with Gasteiger partial charge in [0.1, 0.15) is 5.54 Å². The summed E-state index contributed by atoms with van der Waals surface area (Å²) < 4.78 is 0. The maximum atomic E-state index is 13.8. The van der Waals surface area contributed by atoms with Gasteiger partial charge in [-0.25, -0.2) is 0 Å². The van der Waals surface area contributed by atoms with Crippen molar-refractivity contribution in [2.24, 2.45) is 0 Å². The molecule has 32 heavy (non-hydrogen) atoms. The van der Waals surface area contributed by atoms with Gasteiger partial charge in [0.25, 0.3) is 0 Å². The zero-order valence-electron chi connectivity index (χ0n) is 18.5. The van der Waals surface area contributed by atoms with Crippen molar-refractivity contribution in [3.63, 3.8) is 0 Å². The molecule has 1 unspecified atom stereocenters. The van der Waals surface area contributed by atoms with E-state index in [9.17, 15) is 9.59 Å². The molecule has 1 heterocycles. The number of fused-ring (bicyclic) bond motifs is 1. The van der Waals surface area contributed by atoms with Crippen LogP contribution in [0.3, 0.4) is 0 Å². The van der Waals surface area contributed by atoms with E-state index in [0.29, 0.717) is 22.2 Å². The second-order valence-electron chi connectivity index (χ2n) is 8.75. The average molecular weight is 474 g/mol. The highest BCUT2D eigenvalue weighted by molar-refractivity contribution is 6.31. The van der Waals surface area contributed by atoms with Gasteiger partial charge in [-0.05, 0) is 55.5 Å². The summed E-state index contributed by atoms with van der Waals surface area (Å²) in [5, 5.41) is 7.32. The maximum Gasteiger partial charge on any atom is 0.249 e. The molecule has 1 aliphatic heterocycles. The summed E-state index contributed by atoms with van der Waals surface area (Å²) in [5.41, 5.74) is 1.44. The van der Waals surface area contributed by atoms with Crippen molar-refractivity contribution < 1.29 is 9.59 Å². The Hall–Kier alpha value is -2.08. The molecule has 1 aliphatic carbocycles. The Morgan fingerprint density at radius 2 is 1.88 bits per heavy atom. The first-order valence-corrected chi connectivity index (χ1v) is 12.0. The summed E-state index contributed by atoms with van der Waals surface area (Å²) in [7, 11) is 0. The molecule has 0 aromatic heterocycles. The van der Waals surface area contributed by atoms with E-state index in [1.165, 1.54) is 0 Å². The van der Waals surface area contributed by atoms with Gasteiger partial charge in [-0.3, -0.25) is 14.5 Å². The zero-order chi connectivity index (χ0) is 22.9. The van der Waals surface area contributed by atoms with E-state index in [1.807, 2.05) is 36.4 Å². The standard InChI is InChI=1S/C25H29Cl2N3O2/c1-3-20(4-2)30(15-23(31)28-19-9-10-19)25(14-16-6-5-7-17(26)12-16)21-11-8-18(27)13-22(21)29-24(25)32/h5-8,11-13,19-20H,3-4,9-10,14-15H2,1-2H3,(H,28,31)(H,29,32). The second kappa shape index (κ2) is 9.42. The molecule has 0 bridgehead atoms. The number of amides is 2. The SMILES string of the molecule is CCC(CC)N(CC(=O)NC1CC1)C1(Cc2cccc(Cl)c2)C(=O)Nc2cc(Cl)ccc21. The summed E-state index contributed by atoms with van der Waals surface area (Å²) in [6.45, 7) is 4.35. The normalized spacial score (nSPS) is 19.9. The number of hydrogen-bond donors (Lipinski definition) is 2. The number of carbonyl (C=O) groups is 2. The van der Waals surface area contributed by atoms with Crippen molar-refractivity contribution >= 4 is 40.7 Å². The fraction of sp³-hybridized carbons (Fsp3) is 0.440. The van der Waals surface area contributed by atoms with Crippen LogP contribution in [0, 0.1) is 0 Å². The van der Waals surface area contributed by atoms with Crippen molar-refractivity contribution in [1.82, 2.24) is 10.2 Å². The second-order valence-corrected chi connectivity index (χ2v) is 9.62. The quantitative estimate of drug-likeness (QED) is 0.528. The first-order chi connectivity index (χ1) is 15.4. The van der Waals surface area contributed by atoms with Gasteiger partial charge in [0, 0.05) is 39.8 Å². The van der Waals surface area contributed by atoms with E-state index in [2.05, 4.69) is 29.4 Å². The summed E-state index contributed by atoms with van der Waals surface area (Å²) in [5.74, 6) is -0.180. The smallest absolute Gasteiger partial charge is 0.249 e. The first kappa shape index (κ1) is 23.1. The van der Waals surface area contributed by atoms with E-state index >= 15 is 0 Å². The van der Waals surface area contributed by atoms with Crippen molar-refractivity contribution in [3.8, 4) is 0 Å². The Morgan fingerprint density at radius 1 is 1.16 bits per heavy atom. The lowest BCUT2D eigenvalue weighted by Crippen LogP contribution is -2.59. The maximum absolute atomic E-state index is 13.8. The van der Waals surface area contributed by atoms with E-state index in [0.717, 1.165) is 36.8 Å². The van der Waals surface area contributed by atoms with Gasteiger partial charge in [-0.15, -0.1) is 0 Å². The fourth-order valence-corrected chi connectivity index (χ4v) is 5.18.